The summed E-state index contributed by atoms with van der Waals surface area (Å²) < 4.78 is 32.0. The van der Waals surface area contributed by atoms with Crippen LogP contribution in [0.2, 0.25) is 0 Å². The molecule has 0 spiro atoms. The average molecular weight is 567 g/mol. The first kappa shape index (κ1) is 28.0. The molecule has 3 aromatic heterocycles. The number of nitrogens with two attached hydrogens (primary N) is 1. The molecule has 1 saturated heterocycles. The fraction of sp³-hybridized carbons (Fsp3) is 0.367. The van der Waals surface area contributed by atoms with Gasteiger partial charge >= 0.3 is 0 Å². The summed E-state index contributed by atoms with van der Waals surface area (Å²) in [4.78, 5) is 23.9. The number of hydrogen-bond acceptors (Lipinski definition) is 6. The van der Waals surface area contributed by atoms with Crippen LogP contribution in [0.1, 0.15) is 48.5 Å². The SMILES string of the molecule is Cc1ccc(N2CCC[C@H](NCc3c(F)c(F)cc4c3c(=O)ccn4C3CC3)C2Cc2ccnc(N)c2)cn1.Cl. The lowest BCUT2D eigenvalue weighted by atomic mass is 9.90. The third-order valence-electron chi connectivity index (χ3n) is 7.99. The van der Waals surface area contributed by atoms with Crippen molar-refractivity contribution < 1.29 is 8.78 Å². The molecular weight excluding hydrogens is 534 g/mol. The second kappa shape index (κ2) is 11.5. The van der Waals surface area contributed by atoms with Gasteiger partial charge in [0.1, 0.15) is 5.82 Å². The minimum atomic E-state index is -0.963. The van der Waals surface area contributed by atoms with Gasteiger partial charge in [-0.15, -0.1) is 12.4 Å². The van der Waals surface area contributed by atoms with E-state index in [-0.39, 0.29) is 53.5 Å². The molecule has 2 atom stereocenters. The Morgan fingerprint density at radius 1 is 1.10 bits per heavy atom. The maximum atomic E-state index is 15.3. The number of piperidine rings is 1. The first-order chi connectivity index (χ1) is 18.9. The normalized spacial score (nSPS) is 19.0. The van der Waals surface area contributed by atoms with E-state index in [1.165, 1.54) is 6.07 Å². The van der Waals surface area contributed by atoms with Crippen molar-refractivity contribution in [2.45, 2.75) is 63.7 Å². The Hall–Kier alpha value is -3.56. The van der Waals surface area contributed by atoms with Gasteiger partial charge in [-0.25, -0.2) is 13.8 Å². The average Bonchev–Trinajstić information content (AvgIpc) is 3.76. The van der Waals surface area contributed by atoms with Crippen LogP contribution >= 0.6 is 12.4 Å². The van der Waals surface area contributed by atoms with E-state index in [1.54, 1.807) is 12.4 Å². The number of benzene rings is 1. The zero-order valence-corrected chi connectivity index (χ0v) is 23.1. The van der Waals surface area contributed by atoms with Gasteiger partial charge in [-0.05, 0) is 68.9 Å². The van der Waals surface area contributed by atoms with E-state index in [0.717, 1.165) is 55.2 Å². The van der Waals surface area contributed by atoms with Crippen molar-refractivity contribution in [2.75, 3.05) is 17.2 Å². The van der Waals surface area contributed by atoms with Gasteiger partial charge in [0.05, 0.1) is 22.8 Å². The summed E-state index contributed by atoms with van der Waals surface area (Å²) in [6.07, 6.45) is 9.66. The summed E-state index contributed by atoms with van der Waals surface area (Å²) in [6.45, 7) is 2.85. The number of nitrogens with one attached hydrogen (secondary N) is 1. The van der Waals surface area contributed by atoms with Crippen molar-refractivity contribution in [1.82, 2.24) is 19.9 Å². The number of aryl methyl sites for hydroxylation is 1. The molecule has 2 fully saturated rings. The second-order valence-electron chi connectivity index (χ2n) is 10.7. The quantitative estimate of drug-likeness (QED) is 0.324. The highest BCUT2D eigenvalue weighted by Crippen LogP contribution is 2.37. The molecule has 1 aromatic carbocycles. The lowest BCUT2D eigenvalue weighted by molar-refractivity contribution is 0.334. The van der Waals surface area contributed by atoms with Crippen LogP contribution < -0.4 is 21.4 Å². The molecule has 4 heterocycles. The number of hydrogen-bond donors (Lipinski definition) is 2. The Morgan fingerprint density at radius 3 is 2.65 bits per heavy atom. The monoisotopic (exact) mass is 566 g/mol. The topological polar surface area (TPSA) is 89.1 Å². The van der Waals surface area contributed by atoms with E-state index in [0.29, 0.717) is 17.8 Å². The van der Waals surface area contributed by atoms with Gasteiger partial charge in [0.15, 0.2) is 17.1 Å². The molecule has 4 aromatic rings. The lowest BCUT2D eigenvalue weighted by Gasteiger charge is -2.43. The van der Waals surface area contributed by atoms with Crippen LogP contribution in [-0.2, 0) is 13.0 Å². The minimum absolute atomic E-state index is 0. The number of halogens is 3. The maximum absolute atomic E-state index is 15.3. The van der Waals surface area contributed by atoms with Crippen LogP contribution in [-0.4, -0.2) is 33.2 Å². The van der Waals surface area contributed by atoms with Gasteiger partial charge in [0, 0.05) is 67.0 Å². The Bertz CT molecular complexity index is 1570. The molecule has 210 valence electrons. The number of nitrogens with zero attached hydrogens (tertiary/aromatic N) is 4. The number of rotatable bonds is 7. The summed E-state index contributed by atoms with van der Waals surface area (Å²) in [5, 5.41) is 3.78. The maximum Gasteiger partial charge on any atom is 0.189 e. The summed E-state index contributed by atoms with van der Waals surface area (Å²) >= 11 is 0. The van der Waals surface area contributed by atoms with Crippen LogP contribution in [0, 0.1) is 18.6 Å². The molecule has 2 aliphatic rings. The van der Waals surface area contributed by atoms with E-state index < -0.39 is 11.6 Å². The van der Waals surface area contributed by atoms with Gasteiger partial charge in [0.2, 0.25) is 0 Å². The molecular formula is C30H33ClF2N6O. The Kier molecular flexibility index (Phi) is 8.05. The van der Waals surface area contributed by atoms with Crippen molar-refractivity contribution in [2.24, 2.45) is 0 Å². The number of anilines is 2. The van der Waals surface area contributed by atoms with Crippen LogP contribution in [0.4, 0.5) is 20.3 Å². The summed E-state index contributed by atoms with van der Waals surface area (Å²) in [5.74, 6) is -1.44. The molecule has 6 rings (SSSR count). The molecule has 0 amide bonds. The zero-order valence-electron chi connectivity index (χ0n) is 22.3. The smallest absolute Gasteiger partial charge is 0.189 e. The van der Waals surface area contributed by atoms with Crippen molar-refractivity contribution in [3.63, 3.8) is 0 Å². The van der Waals surface area contributed by atoms with Crippen LogP contribution in [0.25, 0.3) is 10.9 Å². The first-order valence-electron chi connectivity index (χ1n) is 13.5. The Morgan fingerprint density at radius 2 is 1.93 bits per heavy atom. The largest absolute Gasteiger partial charge is 0.384 e. The highest BCUT2D eigenvalue weighted by Gasteiger charge is 2.33. The predicted molar refractivity (Wildman–Crippen MR) is 156 cm³/mol. The summed E-state index contributed by atoms with van der Waals surface area (Å²) in [6, 6.07) is 10.7. The van der Waals surface area contributed by atoms with E-state index in [4.69, 9.17) is 5.73 Å². The Balaban J connectivity index is 0.00000323. The van der Waals surface area contributed by atoms with Gasteiger partial charge in [0.25, 0.3) is 0 Å². The lowest BCUT2D eigenvalue weighted by Crippen LogP contribution is -2.55. The van der Waals surface area contributed by atoms with Gasteiger partial charge in [-0.3, -0.25) is 9.78 Å². The molecule has 10 heteroatoms. The second-order valence-corrected chi connectivity index (χ2v) is 10.7. The Labute approximate surface area is 237 Å². The molecule has 0 bridgehead atoms. The molecule has 1 aliphatic carbocycles. The van der Waals surface area contributed by atoms with Gasteiger partial charge < -0.3 is 20.5 Å². The van der Waals surface area contributed by atoms with Crippen molar-refractivity contribution in [1.29, 1.82) is 0 Å². The van der Waals surface area contributed by atoms with Gasteiger partial charge in [-0.1, -0.05) is 0 Å². The summed E-state index contributed by atoms with van der Waals surface area (Å²) in [5.41, 5.74) is 9.22. The van der Waals surface area contributed by atoms with Crippen LogP contribution in [0.3, 0.4) is 0 Å². The molecule has 1 saturated carbocycles. The van der Waals surface area contributed by atoms with Crippen molar-refractivity contribution >= 4 is 34.8 Å². The third kappa shape index (κ3) is 5.53. The first-order valence-corrected chi connectivity index (χ1v) is 13.5. The highest BCUT2D eigenvalue weighted by atomic mass is 35.5. The van der Waals surface area contributed by atoms with E-state index in [9.17, 15) is 9.18 Å². The highest BCUT2D eigenvalue weighted by molar-refractivity contribution is 5.85. The third-order valence-corrected chi connectivity index (χ3v) is 7.99. The standard InChI is InChI=1S/C30H32F2N6O.ClH/c1-18-4-5-21(16-35-18)37-11-2-3-24(25(37)13-19-8-10-34-28(33)14-19)36-17-22-29-26(15-23(31)30(22)32)38(20-6-7-20)12-9-27(29)39;/h4-5,8-10,12,14-16,20,24-25,36H,2-3,6-7,11,13,17H2,1H3,(H2,33,34);1H/t24-,25?;/m0./s1. The molecule has 40 heavy (non-hydrogen) atoms. The molecule has 0 radical (unpaired) electrons. The van der Waals surface area contributed by atoms with Gasteiger partial charge in [-0.2, -0.15) is 0 Å². The van der Waals surface area contributed by atoms with E-state index >= 15 is 4.39 Å². The van der Waals surface area contributed by atoms with E-state index in [1.807, 2.05) is 35.9 Å². The molecule has 1 unspecified atom stereocenters. The fourth-order valence-corrected chi connectivity index (χ4v) is 5.89. The van der Waals surface area contributed by atoms with Crippen LogP contribution in [0.15, 0.2) is 59.8 Å². The number of nitrogen functional groups attached to an aromatic ring is 1. The molecule has 7 nitrogen and oxygen atoms in total. The predicted octanol–water partition coefficient (Wildman–Crippen LogP) is 5.09. The number of fused-ring (bicyclic) bond motifs is 1. The number of aromatic nitrogens is 3. The minimum Gasteiger partial charge on any atom is -0.384 e. The zero-order chi connectivity index (χ0) is 27.1. The van der Waals surface area contributed by atoms with Crippen molar-refractivity contribution in [3.05, 3.63) is 93.7 Å². The number of pyridine rings is 3. The molecule has 1 aliphatic heterocycles. The fourth-order valence-electron chi connectivity index (χ4n) is 5.89. The van der Waals surface area contributed by atoms with E-state index in [2.05, 4.69) is 26.3 Å². The van der Waals surface area contributed by atoms with Crippen molar-refractivity contribution in [3.8, 4) is 0 Å². The summed E-state index contributed by atoms with van der Waals surface area (Å²) in [7, 11) is 0. The molecule has 3 N–H and O–H groups in total. The van der Waals surface area contributed by atoms with Crippen LogP contribution in [0.5, 0.6) is 0 Å².